The summed E-state index contributed by atoms with van der Waals surface area (Å²) in [5, 5.41) is 6.34. The summed E-state index contributed by atoms with van der Waals surface area (Å²) in [5.74, 6) is 0.372. The van der Waals surface area contributed by atoms with E-state index >= 15 is 0 Å². The van der Waals surface area contributed by atoms with Gasteiger partial charge in [-0.25, -0.2) is 0 Å². The van der Waals surface area contributed by atoms with Crippen LogP contribution in [0, 0.1) is 5.92 Å². The second-order valence-electron chi connectivity index (χ2n) is 5.83. The van der Waals surface area contributed by atoms with Crippen molar-refractivity contribution in [3.05, 3.63) is 60.2 Å². The van der Waals surface area contributed by atoms with E-state index in [9.17, 15) is 4.79 Å². The van der Waals surface area contributed by atoms with Crippen molar-refractivity contribution in [2.45, 2.75) is 12.8 Å². The van der Waals surface area contributed by atoms with Gasteiger partial charge in [-0.05, 0) is 43.0 Å². The Labute approximate surface area is 136 Å². The quantitative estimate of drug-likeness (QED) is 0.887. The zero-order valence-corrected chi connectivity index (χ0v) is 13.1. The van der Waals surface area contributed by atoms with Crippen molar-refractivity contribution in [3.63, 3.8) is 0 Å². The second-order valence-corrected chi connectivity index (χ2v) is 5.83. The highest BCUT2D eigenvalue weighted by Gasteiger charge is 2.16. The average Bonchev–Trinajstić information content (AvgIpc) is 2.62. The lowest BCUT2D eigenvalue weighted by Crippen LogP contribution is -2.33. The summed E-state index contributed by atoms with van der Waals surface area (Å²) >= 11 is 0. The maximum absolute atomic E-state index is 12.5. The van der Waals surface area contributed by atoms with Crippen LogP contribution in [-0.2, 0) is 4.74 Å². The number of carbonyl (C=O) groups excluding carboxylic acids is 1. The fraction of sp³-hybridized carbons (Fsp3) is 0.316. The van der Waals surface area contributed by atoms with E-state index in [1.54, 1.807) is 0 Å². The Morgan fingerprint density at radius 3 is 2.65 bits per heavy atom. The highest BCUT2D eigenvalue weighted by molar-refractivity contribution is 6.00. The smallest absolute Gasteiger partial charge is 0.253 e. The Bertz CT molecular complexity index is 637. The Balaban J connectivity index is 1.65. The monoisotopic (exact) mass is 310 g/mol. The fourth-order valence-corrected chi connectivity index (χ4v) is 2.77. The molecule has 0 bridgehead atoms. The highest BCUT2D eigenvalue weighted by atomic mass is 16.5. The molecule has 3 rings (SSSR count). The standard InChI is InChI=1S/C19H22N2O2/c22-19(20-13-15-7-6-12-23-14-15)17-10-4-5-11-18(17)21-16-8-2-1-3-9-16/h1-5,8-11,15,21H,6-7,12-14H2,(H,20,22)/t15-/m0/s1. The van der Waals surface area contributed by atoms with Crippen LogP contribution in [0.2, 0.25) is 0 Å². The number of hydrogen-bond acceptors (Lipinski definition) is 3. The van der Waals surface area contributed by atoms with Gasteiger partial charge in [0.25, 0.3) is 5.91 Å². The molecule has 1 aliphatic rings. The molecular formula is C19H22N2O2. The predicted octanol–water partition coefficient (Wildman–Crippen LogP) is 3.59. The number of hydrogen-bond donors (Lipinski definition) is 2. The molecule has 23 heavy (non-hydrogen) atoms. The zero-order chi connectivity index (χ0) is 15.9. The lowest BCUT2D eigenvalue weighted by atomic mass is 10.0. The maximum atomic E-state index is 12.5. The third-order valence-corrected chi connectivity index (χ3v) is 4.03. The van der Waals surface area contributed by atoms with Crippen molar-refractivity contribution in [1.29, 1.82) is 0 Å². The molecular weight excluding hydrogens is 288 g/mol. The second kappa shape index (κ2) is 7.79. The molecule has 2 aromatic rings. The van der Waals surface area contributed by atoms with Crippen LogP contribution in [0.25, 0.3) is 0 Å². The first-order valence-electron chi connectivity index (χ1n) is 8.10. The van der Waals surface area contributed by atoms with Gasteiger partial charge in [0.1, 0.15) is 0 Å². The van der Waals surface area contributed by atoms with E-state index in [1.165, 1.54) is 0 Å². The van der Waals surface area contributed by atoms with E-state index in [1.807, 2.05) is 54.6 Å². The summed E-state index contributed by atoms with van der Waals surface area (Å²) in [4.78, 5) is 12.5. The molecule has 0 saturated carbocycles. The van der Waals surface area contributed by atoms with E-state index in [-0.39, 0.29) is 5.91 Å². The summed E-state index contributed by atoms with van der Waals surface area (Å²) in [6.07, 6.45) is 2.19. The first-order chi connectivity index (χ1) is 11.3. The van der Waals surface area contributed by atoms with Crippen LogP contribution in [0.1, 0.15) is 23.2 Å². The molecule has 1 fully saturated rings. The van der Waals surface area contributed by atoms with E-state index in [4.69, 9.17) is 4.74 Å². The number of para-hydroxylation sites is 2. The van der Waals surface area contributed by atoms with Gasteiger partial charge in [0.2, 0.25) is 0 Å². The number of benzene rings is 2. The van der Waals surface area contributed by atoms with Crippen LogP contribution in [-0.4, -0.2) is 25.7 Å². The minimum Gasteiger partial charge on any atom is -0.381 e. The van der Waals surface area contributed by atoms with Crippen LogP contribution in [0.4, 0.5) is 11.4 Å². The predicted molar refractivity (Wildman–Crippen MR) is 92.0 cm³/mol. The lowest BCUT2D eigenvalue weighted by Gasteiger charge is -2.22. The SMILES string of the molecule is O=C(NC[C@@H]1CCCOC1)c1ccccc1Nc1ccccc1. The average molecular weight is 310 g/mol. The topological polar surface area (TPSA) is 50.4 Å². The first kappa shape index (κ1) is 15.6. The summed E-state index contributed by atoms with van der Waals surface area (Å²) in [7, 11) is 0. The normalized spacial score (nSPS) is 17.5. The summed E-state index contributed by atoms with van der Waals surface area (Å²) in [6, 6.07) is 17.4. The molecule has 2 N–H and O–H groups in total. The van der Waals surface area contributed by atoms with Crippen LogP contribution in [0.3, 0.4) is 0 Å². The van der Waals surface area contributed by atoms with E-state index in [0.717, 1.165) is 37.4 Å². The summed E-state index contributed by atoms with van der Waals surface area (Å²) in [6.45, 7) is 2.25. The van der Waals surface area contributed by atoms with Gasteiger partial charge in [0.15, 0.2) is 0 Å². The Hall–Kier alpha value is -2.33. The molecule has 1 aliphatic heterocycles. The molecule has 4 heteroatoms. The molecule has 1 saturated heterocycles. The maximum Gasteiger partial charge on any atom is 0.253 e. The van der Waals surface area contributed by atoms with Crippen molar-refractivity contribution in [2.75, 3.05) is 25.1 Å². The molecule has 1 atom stereocenters. The Kier molecular flexibility index (Phi) is 5.27. The van der Waals surface area contributed by atoms with Crippen molar-refractivity contribution in [1.82, 2.24) is 5.32 Å². The van der Waals surface area contributed by atoms with Crippen molar-refractivity contribution < 1.29 is 9.53 Å². The number of ether oxygens (including phenoxy) is 1. The number of rotatable bonds is 5. The number of anilines is 2. The number of amides is 1. The van der Waals surface area contributed by atoms with Gasteiger partial charge in [-0.1, -0.05) is 30.3 Å². The molecule has 4 nitrogen and oxygen atoms in total. The van der Waals surface area contributed by atoms with E-state index in [2.05, 4.69) is 10.6 Å². The lowest BCUT2D eigenvalue weighted by molar-refractivity contribution is 0.0536. The number of nitrogens with one attached hydrogen (secondary N) is 2. The highest BCUT2D eigenvalue weighted by Crippen LogP contribution is 2.21. The largest absolute Gasteiger partial charge is 0.381 e. The molecule has 0 aromatic heterocycles. The molecule has 2 aromatic carbocycles. The third kappa shape index (κ3) is 4.33. The van der Waals surface area contributed by atoms with Crippen LogP contribution < -0.4 is 10.6 Å². The third-order valence-electron chi connectivity index (χ3n) is 4.03. The van der Waals surface area contributed by atoms with Crippen molar-refractivity contribution >= 4 is 17.3 Å². The van der Waals surface area contributed by atoms with Crippen LogP contribution >= 0.6 is 0 Å². The Morgan fingerprint density at radius 1 is 1.09 bits per heavy atom. The molecule has 1 heterocycles. The molecule has 0 spiro atoms. The Morgan fingerprint density at radius 2 is 1.87 bits per heavy atom. The van der Waals surface area contributed by atoms with Gasteiger partial charge in [-0.2, -0.15) is 0 Å². The number of carbonyl (C=O) groups is 1. The van der Waals surface area contributed by atoms with Crippen LogP contribution in [0.15, 0.2) is 54.6 Å². The molecule has 120 valence electrons. The van der Waals surface area contributed by atoms with Gasteiger partial charge in [-0.3, -0.25) is 4.79 Å². The zero-order valence-electron chi connectivity index (χ0n) is 13.1. The van der Waals surface area contributed by atoms with Gasteiger partial charge in [-0.15, -0.1) is 0 Å². The van der Waals surface area contributed by atoms with Gasteiger partial charge < -0.3 is 15.4 Å². The first-order valence-corrected chi connectivity index (χ1v) is 8.10. The molecule has 0 aliphatic carbocycles. The minimum atomic E-state index is -0.0467. The minimum absolute atomic E-state index is 0.0467. The summed E-state index contributed by atoms with van der Waals surface area (Å²) in [5.41, 5.74) is 2.44. The fourth-order valence-electron chi connectivity index (χ4n) is 2.77. The molecule has 1 amide bonds. The summed E-state index contributed by atoms with van der Waals surface area (Å²) < 4.78 is 5.46. The van der Waals surface area contributed by atoms with E-state index in [0.29, 0.717) is 18.0 Å². The van der Waals surface area contributed by atoms with Gasteiger partial charge in [0.05, 0.1) is 17.9 Å². The van der Waals surface area contributed by atoms with Gasteiger partial charge >= 0.3 is 0 Å². The van der Waals surface area contributed by atoms with Crippen molar-refractivity contribution in [2.24, 2.45) is 5.92 Å². The van der Waals surface area contributed by atoms with Crippen LogP contribution in [0.5, 0.6) is 0 Å². The van der Waals surface area contributed by atoms with Gasteiger partial charge in [0, 0.05) is 18.8 Å². The van der Waals surface area contributed by atoms with Crippen molar-refractivity contribution in [3.8, 4) is 0 Å². The van der Waals surface area contributed by atoms with E-state index < -0.39 is 0 Å². The molecule has 0 radical (unpaired) electrons. The molecule has 0 unspecified atom stereocenters.